The van der Waals surface area contributed by atoms with Crippen LogP contribution in [0.4, 0.5) is 13.2 Å². The standard InChI is InChI=1S/C21H14F3NO6/c22-14-5-1-12(2-6-14)16-9-10-17(31-16)20(28)29-11-18(26)25-19(27)13-3-7-15(8-4-13)30-21(23)24/h1-10,21H,11H2,(H,25,26,27). The van der Waals surface area contributed by atoms with Crippen molar-refractivity contribution in [3.05, 3.63) is 77.8 Å². The van der Waals surface area contributed by atoms with Crippen LogP contribution in [-0.2, 0) is 9.53 Å². The van der Waals surface area contributed by atoms with E-state index in [1.54, 1.807) is 0 Å². The van der Waals surface area contributed by atoms with Gasteiger partial charge < -0.3 is 13.9 Å². The van der Waals surface area contributed by atoms with Crippen molar-refractivity contribution >= 4 is 17.8 Å². The highest BCUT2D eigenvalue weighted by molar-refractivity contribution is 6.05. The Balaban J connectivity index is 1.50. The van der Waals surface area contributed by atoms with Gasteiger partial charge in [0, 0.05) is 11.1 Å². The van der Waals surface area contributed by atoms with Gasteiger partial charge in [-0.1, -0.05) is 0 Å². The molecule has 160 valence electrons. The van der Waals surface area contributed by atoms with E-state index < -0.39 is 36.8 Å². The van der Waals surface area contributed by atoms with E-state index in [1.807, 2.05) is 5.32 Å². The molecular weight excluding hydrogens is 419 g/mol. The molecule has 0 atom stereocenters. The summed E-state index contributed by atoms with van der Waals surface area (Å²) in [5.41, 5.74) is 0.546. The van der Waals surface area contributed by atoms with Gasteiger partial charge in [0.1, 0.15) is 17.3 Å². The van der Waals surface area contributed by atoms with Gasteiger partial charge in [-0.05, 0) is 60.7 Å². The Morgan fingerprint density at radius 3 is 2.26 bits per heavy atom. The van der Waals surface area contributed by atoms with Crippen molar-refractivity contribution in [2.75, 3.05) is 6.61 Å². The van der Waals surface area contributed by atoms with Gasteiger partial charge in [-0.2, -0.15) is 8.78 Å². The first-order chi connectivity index (χ1) is 14.8. The molecule has 0 aliphatic heterocycles. The molecule has 2 aromatic carbocycles. The number of alkyl halides is 2. The number of hydrogen-bond acceptors (Lipinski definition) is 6. The van der Waals surface area contributed by atoms with Gasteiger partial charge in [-0.25, -0.2) is 9.18 Å². The Morgan fingerprint density at radius 2 is 1.61 bits per heavy atom. The molecule has 2 amide bonds. The molecule has 3 aromatic rings. The predicted molar refractivity (Wildman–Crippen MR) is 99.9 cm³/mol. The Kier molecular flexibility index (Phi) is 6.71. The van der Waals surface area contributed by atoms with Gasteiger partial charge >= 0.3 is 12.6 Å². The Labute approximate surface area is 173 Å². The Morgan fingerprint density at radius 1 is 0.935 bits per heavy atom. The maximum Gasteiger partial charge on any atom is 0.387 e. The van der Waals surface area contributed by atoms with Crippen molar-refractivity contribution in [2.45, 2.75) is 6.61 Å². The zero-order chi connectivity index (χ0) is 22.4. The number of halogens is 3. The monoisotopic (exact) mass is 433 g/mol. The number of carbonyl (C=O) groups is 3. The quantitative estimate of drug-likeness (QED) is 0.570. The smallest absolute Gasteiger partial charge is 0.387 e. The van der Waals surface area contributed by atoms with Crippen molar-refractivity contribution in [1.29, 1.82) is 0 Å². The van der Waals surface area contributed by atoms with E-state index in [0.717, 1.165) is 12.1 Å². The fourth-order valence-electron chi connectivity index (χ4n) is 2.44. The van der Waals surface area contributed by atoms with E-state index in [4.69, 9.17) is 9.15 Å². The number of furan rings is 1. The normalized spacial score (nSPS) is 10.6. The fraction of sp³-hybridized carbons (Fsp3) is 0.0952. The van der Waals surface area contributed by atoms with Crippen LogP contribution in [0.15, 0.2) is 65.1 Å². The second kappa shape index (κ2) is 9.61. The van der Waals surface area contributed by atoms with Gasteiger partial charge in [0.15, 0.2) is 6.61 Å². The van der Waals surface area contributed by atoms with Crippen molar-refractivity contribution in [3.8, 4) is 17.1 Å². The lowest BCUT2D eigenvalue weighted by Gasteiger charge is -2.07. The van der Waals surface area contributed by atoms with Gasteiger partial charge in [0.2, 0.25) is 5.76 Å². The largest absolute Gasteiger partial charge is 0.450 e. The van der Waals surface area contributed by atoms with Crippen LogP contribution < -0.4 is 10.1 Å². The summed E-state index contributed by atoms with van der Waals surface area (Å²) in [6.07, 6.45) is 0. The van der Waals surface area contributed by atoms with Crippen molar-refractivity contribution in [3.63, 3.8) is 0 Å². The van der Waals surface area contributed by atoms with E-state index in [2.05, 4.69) is 4.74 Å². The summed E-state index contributed by atoms with van der Waals surface area (Å²) in [6.45, 7) is -3.76. The third kappa shape index (κ3) is 5.95. The summed E-state index contributed by atoms with van der Waals surface area (Å²) in [7, 11) is 0. The number of hydrogen-bond donors (Lipinski definition) is 1. The Hall–Kier alpha value is -4.08. The van der Waals surface area contributed by atoms with E-state index in [0.29, 0.717) is 11.3 Å². The maximum absolute atomic E-state index is 13.0. The molecule has 0 fully saturated rings. The number of rotatable bonds is 7. The molecule has 7 nitrogen and oxygen atoms in total. The minimum absolute atomic E-state index is 0.0104. The molecule has 0 aliphatic carbocycles. The molecule has 0 unspecified atom stereocenters. The fourth-order valence-corrected chi connectivity index (χ4v) is 2.44. The number of nitrogens with one attached hydrogen (secondary N) is 1. The van der Waals surface area contributed by atoms with E-state index >= 15 is 0 Å². The van der Waals surface area contributed by atoms with Crippen LogP contribution in [0.1, 0.15) is 20.9 Å². The molecule has 0 radical (unpaired) electrons. The molecular formula is C21H14F3NO6. The van der Waals surface area contributed by atoms with Gasteiger partial charge in [-0.15, -0.1) is 0 Å². The van der Waals surface area contributed by atoms with Gasteiger partial charge in [-0.3, -0.25) is 14.9 Å². The first-order valence-electron chi connectivity index (χ1n) is 8.74. The first-order valence-corrected chi connectivity index (χ1v) is 8.74. The summed E-state index contributed by atoms with van der Waals surface area (Å²) in [4.78, 5) is 35.8. The van der Waals surface area contributed by atoms with Crippen LogP contribution in [-0.4, -0.2) is 31.0 Å². The number of amides is 2. The van der Waals surface area contributed by atoms with Crippen LogP contribution in [0.3, 0.4) is 0 Å². The molecule has 0 spiro atoms. The van der Waals surface area contributed by atoms with Gasteiger partial charge in [0.25, 0.3) is 11.8 Å². The molecule has 1 heterocycles. The third-order valence-corrected chi connectivity index (χ3v) is 3.86. The summed E-state index contributed by atoms with van der Waals surface area (Å²) < 4.78 is 51.5. The average Bonchev–Trinajstić information content (AvgIpc) is 3.23. The lowest BCUT2D eigenvalue weighted by atomic mass is 10.2. The SMILES string of the molecule is O=C(COC(=O)c1ccc(-c2ccc(F)cc2)o1)NC(=O)c1ccc(OC(F)F)cc1. The minimum atomic E-state index is -3.00. The second-order valence-electron chi connectivity index (χ2n) is 6.03. The molecule has 1 N–H and O–H groups in total. The average molecular weight is 433 g/mol. The molecule has 0 bridgehead atoms. The van der Waals surface area contributed by atoms with E-state index in [-0.39, 0.29) is 17.1 Å². The van der Waals surface area contributed by atoms with Crippen LogP contribution >= 0.6 is 0 Å². The molecule has 31 heavy (non-hydrogen) atoms. The highest BCUT2D eigenvalue weighted by Crippen LogP contribution is 2.22. The summed E-state index contributed by atoms with van der Waals surface area (Å²) in [5.74, 6) is -3.13. The maximum atomic E-state index is 13.0. The lowest BCUT2D eigenvalue weighted by Crippen LogP contribution is -2.34. The van der Waals surface area contributed by atoms with Crippen LogP contribution in [0.2, 0.25) is 0 Å². The lowest BCUT2D eigenvalue weighted by molar-refractivity contribution is -0.123. The third-order valence-electron chi connectivity index (χ3n) is 3.86. The Bertz CT molecular complexity index is 1080. The topological polar surface area (TPSA) is 94.8 Å². The summed E-state index contributed by atoms with van der Waals surface area (Å²) in [5, 5.41) is 1.99. The number of carbonyl (C=O) groups excluding carboxylic acids is 3. The van der Waals surface area contributed by atoms with Gasteiger partial charge in [0.05, 0.1) is 0 Å². The number of ether oxygens (including phenoxy) is 2. The zero-order valence-corrected chi connectivity index (χ0v) is 15.6. The predicted octanol–water partition coefficient (Wildman–Crippen LogP) is 3.80. The van der Waals surface area contributed by atoms with Crippen molar-refractivity contribution < 1.29 is 41.4 Å². The molecule has 10 heteroatoms. The van der Waals surface area contributed by atoms with Crippen molar-refractivity contribution in [2.24, 2.45) is 0 Å². The molecule has 3 rings (SSSR count). The summed E-state index contributed by atoms with van der Waals surface area (Å²) >= 11 is 0. The highest BCUT2D eigenvalue weighted by Gasteiger charge is 2.17. The van der Waals surface area contributed by atoms with Crippen LogP contribution in [0, 0.1) is 5.82 Å². The molecule has 0 saturated heterocycles. The molecule has 0 aliphatic rings. The van der Waals surface area contributed by atoms with Crippen molar-refractivity contribution in [1.82, 2.24) is 5.32 Å². The number of esters is 1. The summed E-state index contributed by atoms with van der Waals surface area (Å²) in [6, 6.07) is 12.9. The van der Waals surface area contributed by atoms with E-state index in [1.165, 1.54) is 48.5 Å². The molecule has 1 aromatic heterocycles. The van der Waals surface area contributed by atoms with Crippen LogP contribution in [0.25, 0.3) is 11.3 Å². The highest BCUT2D eigenvalue weighted by atomic mass is 19.3. The minimum Gasteiger partial charge on any atom is -0.450 e. The number of imide groups is 1. The van der Waals surface area contributed by atoms with E-state index in [9.17, 15) is 27.6 Å². The number of benzene rings is 2. The molecule has 0 saturated carbocycles. The second-order valence-corrected chi connectivity index (χ2v) is 6.03. The van der Waals surface area contributed by atoms with Crippen LogP contribution in [0.5, 0.6) is 5.75 Å². The first kappa shape index (κ1) is 21.6. The zero-order valence-electron chi connectivity index (χ0n) is 15.6.